The zero-order valence-electron chi connectivity index (χ0n) is 18.9. The molecular formula is C22H30FN5O3. The number of alkyl carbamates (subject to hydrolysis) is 1. The molecule has 1 aliphatic rings. The van der Waals surface area contributed by atoms with Crippen molar-refractivity contribution in [2.45, 2.75) is 53.6 Å². The van der Waals surface area contributed by atoms with Crippen LogP contribution in [0.15, 0.2) is 39.7 Å². The Morgan fingerprint density at radius 3 is 2.58 bits per heavy atom. The first kappa shape index (κ1) is 24.0. The van der Waals surface area contributed by atoms with Crippen molar-refractivity contribution in [1.29, 1.82) is 5.41 Å². The molecule has 8 nitrogen and oxygen atoms in total. The van der Waals surface area contributed by atoms with Gasteiger partial charge in [0.25, 0.3) is 0 Å². The molecule has 0 saturated heterocycles. The number of amides is 1. The monoisotopic (exact) mass is 431 g/mol. The predicted octanol–water partition coefficient (Wildman–Crippen LogP) is 4.68. The summed E-state index contributed by atoms with van der Waals surface area (Å²) >= 11 is 0. The molecule has 0 saturated carbocycles. The molecule has 0 bridgehead atoms. The Bertz CT molecular complexity index is 945. The number of anilines is 1. The van der Waals surface area contributed by atoms with Crippen LogP contribution in [0.3, 0.4) is 0 Å². The van der Waals surface area contributed by atoms with Crippen LogP contribution in [0.2, 0.25) is 0 Å². The minimum Gasteiger partial charge on any atom is -0.494 e. The lowest BCUT2D eigenvalue weighted by Gasteiger charge is -2.21. The highest BCUT2D eigenvalue weighted by Crippen LogP contribution is 2.24. The van der Waals surface area contributed by atoms with Crippen molar-refractivity contribution < 1.29 is 18.7 Å². The van der Waals surface area contributed by atoms with Crippen LogP contribution in [0.25, 0.3) is 0 Å². The van der Waals surface area contributed by atoms with Crippen molar-refractivity contribution in [2.24, 2.45) is 10.2 Å². The summed E-state index contributed by atoms with van der Waals surface area (Å²) in [7, 11) is 0. The van der Waals surface area contributed by atoms with Crippen LogP contribution in [-0.2, 0) is 4.74 Å². The Balaban J connectivity index is 2.09. The highest BCUT2D eigenvalue weighted by Gasteiger charge is 2.23. The highest BCUT2D eigenvalue weighted by molar-refractivity contribution is 6.54. The average molecular weight is 432 g/mol. The minimum absolute atomic E-state index is 0.176. The number of allylic oxidation sites excluding steroid dienone is 2. The average Bonchev–Trinajstić information content (AvgIpc) is 2.64. The topological polar surface area (TPSA) is 108 Å². The van der Waals surface area contributed by atoms with Crippen LogP contribution < -0.4 is 15.4 Å². The van der Waals surface area contributed by atoms with Gasteiger partial charge in [0.1, 0.15) is 17.2 Å². The van der Waals surface area contributed by atoms with Gasteiger partial charge in [-0.3, -0.25) is 5.41 Å². The summed E-state index contributed by atoms with van der Waals surface area (Å²) in [4.78, 5) is 11.8. The van der Waals surface area contributed by atoms with Gasteiger partial charge in [0.2, 0.25) is 0 Å². The van der Waals surface area contributed by atoms with Crippen LogP contribution in [-0.4, -0.2) is 42.0 Å². The standard InChI is InChI=1S/C22H30FN5O3/c1-7-30-15-8-9-17(16(23)12-15)26-13(2)19-14(3)27-28-18(20(19)24)10-11-25-21(29)31-22(4,5)6/h8-9,12,24,26H,7,10-11H2,1-6H3,(H,25,29)/b19-13-,24-20?. The molecule has 31 heavy (non-hydrogen) atoms. The highest BCUT2D eigenvalue weighted by atomic mass is 19.1. The number of carbonyl (C=O) groups excluding carboxylic acids is 1. The summed E-state index contributed by atoms with van der Waals surface area (Å²) in [6, 6.07) is 4.57. The summed E-state index contributed by atoms with van der Waals surface area (Å²) in [5.74, 6) is -0.0100. The van der Waals surface area contributed by atoms with Crippen LogP contribution in [0.4, 0.5) is 14.9 Å². The first-order valence-corrected chi connectivity index (χ1v) is 10.1. The number of nitrogens with one attached hydrogen (secondary N) is 3. The molecule has 1 aromatic rings. The Labute approximate surface area is 182 Å². The predicted molar refractivity (Wildman–Crippen MR) is 121 cm³/mol. The van der Waals surface area contributed by atoms with E-state index in [-0.39, 0.29) is 17.9 Å². The van der Waals surface area contributed by atoms with Gasteiger partial charge in [-0.05, 0) is 53.7 Å². The molecule has 9 heteroatoms. The second-order valence-electron chi connectivity index (χ2n) is 7.99. The summed E-state index contributed by atoms with van der Waals surface area (Å²) in [5, 5.41) is 22.4. The summed E-state index contributed by atoms with van der Waals surface area (Å²) < 4.78 is 24.9. The molecule has 1 aromatic carbocycles. The van der Waals surface area contributed by atoms with Crippen molar-refractivity contribution in [3.8, 4) is 5.75 Å². The first-order chi connectivity index (χ1) is 14.5. The van der Waals surface area contributed by atoms with Gasteiger partial charge in [-0.2, -0.15) is 10.2 Å². The van der Waals surface area contributed by atoms with E-state index in [2.05, 4.69) is 20.8 Å². The SMILES string of the molecule is CCOc1ccc(N/C(C)=C2\C(=N)C(CCNC(=O)OC(C)(C)C)=NN=C2C)c(F)c1. The zero-order chi connectivity index (χ0) is 23.2. The zero-order valence-corrected chi connectivity index (χ0v) is 18.9. The van der Waals surface area contributed by atoms with E-state index >= 15 is 0 Å². The Morgan fingerprint density at radius 2 is 1.97 bits per heavy atom. The maximum Gasteiger partial charge on any atom is 0.407 e. The lowest BCUT2D eigenvalue weighted by atomic mass is 9.97. The Morgan fingerprint density at radius 1 is 1.26 bits per heavy atom. The molecule has 0 fully saturated rings. The minimum atomic E-state index is -0.588. The number of hydrogen-bond donors (Lipinski definition) is 3. The number of ether oxygens (including phenoxy) is 2. The fourth-order valence-corrected chi connectivity index (χ4v) is 2.91. The summed E-state index contributed by atoms with van der Waals surface area (Å²) in [6.45, 7) is 11.4. The third-order valence-electron chi connectivity index (χ3n) is 4.20. The molecule has 2 rings (SSSR count). The molecule has 3 N–H and O–H groups in total. The lowest BCUT2D eigenvalue weighted by molar-refractivity contribution is 0.0529. The van der Waals surface area contributed by atoms with Crippen molar-refractivity contribution in [3.63, 3.8) is 0 Å². The first-order valence-electron chi connectivity index (χ1n) is 10.1. The fourth-order valence-electron chi connectivity index (χ4n) is 2.91. The largest absolute Gasteiger partial charge is 0.494 e. The third-order valence-corrected chi connectivity index (χ3v) is 4.20. The molecule has 0 radical (unpaired) electrons. The fraction of sp³-hybridized carbons (Fsp3) is 0.455. The number of nitrogens with zero attached hydrogens (tertiary/aromatic N) is 2. The smallest absolute Gasteiger partial charge is 0.407 e. The molecule has 1 aliphatic heterocycles. The van der Waals surface area contributed by atoms with Crippen molar-refractivity contribution in [2.75, 3.05) is 18.5 Å². The second-order valence-corrected chi connectivity index (χ2v) is 7.99. The van der Waals surface area contributed by atoms with E-state index in [1.54, 1.807) is 46.8 Å². The van der Waals surface area contributed by atoms with Gasteiger partial charge in [-0.25, -0.2) is 9.18 Å². The van der Waals surface area contributed by atoms with Crippen LogP contribution in [0, 0.1) is 11.2 Å². The van der Waals surface area contributed by atoms with Crippen molar-refractivity contribution in [1.82, 2.24) is 5.32 Å². The van der Waals surface area contributed by atoms with E-state index in [0.29, 0.717) is 41.5 Å². The Hall–Kier alpha value is -3.23. The van der Waals surface area contributed by atoms with E-state index in [4.69, 9.17) is 14.9 Å². The normalized spacial score (nSPS) is 15.6. The van der Waals surface area contributed by atoms with Gasteiger partial charge in [0, 0.05) is 30.3 Å². The third kappa shape index (κ3) is 6.91. The molecule has 1 heterocycles. The molecule has 0 atom stereocenters. The molecule has 0 aromatic heterocycles. The number of carbonyl (C=O) groups is 1. The van der Waals surface area contributed by atoms with E-state index in [0.717, 1.165) is 0 Å². The van der Waals surface area contributed by atoms with Crippen molar-refractivity contribution in [3.05, 3.63) is 35.3 Å². The van der Waals surface area contributed by atoms with E-state index in [9.17, 15) is 9.18 Å². The van der Waals surface area contributed by atoms with E-state index in [1.807, 2.05) is 6.92 Å². The molecule has 0 aliphatic carbocycles. The maximum atomic E-state index is 14.4. The number of rotatable bonds is 7. The van der Waals surface area contributed by atoms with Gasteiger partial charge in [0.05, 0.1) is 29.4 Å². The van der Waals surface area contributed by atoms with Crippen LogP contribution in [0.1, 0.15) is 48.0 Å². The summed E-state index contributed by atoms with van der Waals surface area (Å²) in [6.07, 6.45) is -0.224. The second kappa shape index (κ2) is 10.2. The van der Waals surface area contributed by atoms with Gasteiger partial charge >= 0.3 is 6.09 Å². The number of hydrogen-bond acceptors (Lipinski definition) is 7. The maximum absolute atomic E-state index is 14.4. The number of halogens is 1. The van der Waals surface area contributed by atoms with Crippen LogP contribution >= 0.6 is 0 Å². The molecular weight excluding hydrogens is 401 g/mol. The molecule has 1 amide bonds. The lowest BCUT2D eigenvalue weighted by Crippen LogP contribution is -2.35. The van der Waals surface area contributed by atoms with Crippen molar-refractivity contribution >= 4 is 28.9 Å². The summed E-state index contributed by atoms with van der Waals surface area (Å²) in [5.41, 5.74) is 1.93. The molecule has 0 unspecified atom stereocenters. The van der Waals surface area contributed by atoms with Gasteiger partial charge in [-0.15, -0.1) is 0 Å². The van der Waals surface area contributed by atoms with Gasteiger partial charge in [0.15, 0.2) is 0 Å². The van der Waals surface area contributed by atoms with Gasteiger partial charge < -0.3 is 20.1 Å². The van der Waals surface area contributed by atoms with E-state index in [1.165, 1.54) is 6.07 Å². The van der Waals surface area contributed by atoms with Gasteiger partial charge in [-0.1, -0.05) is 0 Å². The van der Waals surface area contributed by atoms with Crippen LogP contribution in [0.5, 0.6) is 5.75 Å². The Kier molecular flexibility index (Phi) is 7.90. The number of benzene rings is 1. The van der Waals surface area contributed by atoms with E-state index < -0.39 is 17.5 Å². The molecule has 0 spiro atoms. The quantitative estimate of drug-likeness (QED) is 0.583. The molecule has 168 valence electrons.